The highest BCUT2D eigenvalue weighted by Gasteiger charge is 2.26. The molecule has 0 aliphatic carbocycles. The number of aromatic nitrogens is 2. The zero-order valence-electron chi connectivity index (χ0n) is 16.8. The third kappa shape index (κ3) is 4.93. The maximum Gasteiger partial charge on any atom is 0.135 e. The first kappa shape index (κ1) is 19.8. The lowest BCUT2D eigenvalue weighted by Gasteiger charge is -2.41. The molecule has 0 radical (unpaired) electrons. The Bertz CT molecular complexity index is 912. The van der Waals surface area contributed by atoms with E-state index in [0.29, 0.717) is 12.6 Å². The Balaban J connectivity index is 1.38. The number of fused-ring (bicyclic) bond motifs is 1. The van der Waals surface area contributed by atoms with Gasteiger partial charge in [0.25, 0.3) is 0 Å². The summed E-state index contributed by atoms with van der Waals surface area (Å²) >= 11 is 0. The predicted molar refractivity (Wildman–Crippen MR) is 111 cm³/mol. The van der Waals surface area contributed by atoms with Crippen LogP contribution >= 0.6 is 0 Å². The molecule has 4 rings (SSSR count). The van der Waals surface area contributed by atoms with Crippen molar-refractivity contribution in [2.24, 2.45) is 0 Å². The van der Waals surface area contributed by atoms with Gasteiger partial charge in [-0.2, -0.15) is 0 Å². The molecule has 0 spiro atoms. The molecule has 7 heteroatoms. The summed E-state index contributed by atoms with van der Waals surface area (Å²) in [5.41, 5.74) is 4.06. The van der Waals surface area contributed by atoms with Crippen LogP contribution in [0.3, 0.4) is 0 Å². The Morgan fingerprint density at radius 1 is 1.03 bits per heavy atom. The van der Waals surface area contributed by atoms with Crippen molar-refractivity contribution in [3.8, 4) is 5.75 Å². The molecule has 0 bridgehead atoms. The van der Waals surface area contributed by atoms with Crippen molar-refractivity contribution in [3.63, 3.8) is 0 Å². The van der Waals surface area contributed by atoms with E-state index in [1.165, 1.54) is 11.1 Å². The fourth-order valence-electron chi connectivity index (χ4n) is 4.01. The maximum atomic E-state index is 9.58. The zero-order valence-corrected chi connectivity index (χ0v) is 16.8. The first-order chi connectivity index (χ1) is 14.2. The minimum absolute atomic E-state index is 0.203. The monoisotopic (exact) mass is 396 g/mol. The first-order valence-corrected chi connectivity index (χ1v) is 10.3. The molecule has 1 fully saturated rings. The average Bonchev–Trinajstić information content (AvgIpc) is 3.20. The van der Waals surface area contributed by atoms with Crippen LogP contribution < -0.4 is 4.74 Å². The van der Waals surface area contributed by atoms with Gasteiger partial charge in [-0.05, 0) is 59.1 Å². The lowest BCUT2D eigenvalue weighted by Crippen LogP contribution is -2.52. The summed E-state index contributed by atoms with van der Waals surface area (Å²) in [5, 5.41) is 17.4. The number of ether oxygens (including phenoxy) is 1. The SMILES string of the molecule is CCOc1ccc(CN2CCN(Cc3ccc4nonc4c3)C[C@H]2CCO)cc1. The molecule has 2 heterocycles. The molecule has 1 N–H and O–H groups in total. The molecule has 2 aromatic carbocycles. The molecule has 0 unspecified atom stereocenters. The summed E-state index contributed by atoms with van der Waals surface area (Å²) in [6.45, 7) is 7.54. The van der Waals surface area contributed by atoms with Crippen LogP contribution in [0, 0.1) is 0 Å². The number of benzene rings is 2. The Kier molecular flexibility index (Phi) is 6.39. The number of aliphatic hydroxyl groups excluding tert-OH is 1. The van der Waals surface area contributed by atoms with Crippen LogP contribution in [0.15, 0.2) is 47.1 Å². The third-order valence-corrected chi connectivity index (χ3v) is 5.50. The van der Waals surface area contributed by atoms with Crippen LogP contribution in [0.1, 0.15) is 24.5 Å². The van der Waals surface area contributed by atoms with Gasteiger partial charge in [-0.25, -0.2) is 4.63 Å². The largest absolute Gasteiger partial charge is 0.494 e. The summed E-state index contributed by atoms with van der Waals surface area (Å²) in [4.78, 5) is 4.93. The Morgan fingerprint density at radius 3 is 2.62 bits per heavy atom. The molecule has 154 valence electrons. The van der Waals surface area contributed by atoms with Crippen LogP contribution in [0.4, 0.5) is 0 Å². The Morgan fingerprint density at radius 2 is 1.83 bits per heavy atom. The van der Waals surface area contributed by atoms with Crippen LogP contribution in [0.25, 0.3) is 11.0 Å². The second kappa shape index (κ2) is 9.35. The van der Waals surface area contributed by atoms with Crippen LogP contribution in [-0.2, 0) is 13.1 Å². The molecule has 1 aromatic heterocycles. The number of piperazine rings is 1. The molecule has 29 heavy (non-hydrogen) atoms. The normalized spacial score (nSPS) is 18.3. The van der Waals surface area contributed by atoms with Gasteiger partial charge in [0.15, 0.2) is 0 Å². The van der Waals surface area contributed by atoms with Gasteiger partial charge in [-0.1, -0.05) is 18.2 Å². The molecule has 1 aliphatic rings. The predicted octanol–water partition coefficient (Wildman–Crippen LogP) is 2.69. The topological polar surface area (TPSA) is 74.9 Å². The summed E-state index contributed by atoms with van der Waals surface area (Å²) in [6, 6.07) is 14.7. The van der Waals surface area contributed by atoms with E-state index in [2.05, 4.69) is 38.3 Å². The lowest BCUT2D eigenvalue weighted by atomic mass is 10.1. The summed E-state index contributed by atoms with van der Waals surface area (Å²) < 4.78 is 10.3. The number of hydrogen-bond acceptors (Lipinski definition) is 7. The highest BCUT2D eigenvalue weighted by molar-refractivity contribution is 5.73. The molecule has 7 nitrogen and oxygen atoms in total. The second-order valence-electron chi connectivity index (χ2n) is 7.54. The summed E-state index contributed by atoms with van der Waals surface area (Å²) in [5.74, 6) is 0.909. The van der Waals surface area contributed by atoms with E-state index in [9.17, 15) is 5.11 Å². The molecule has 1 atom stereocenters. The van der Waals surface area contributed by atoms with Crippen LogP contribution in [0.5, 0.6) is 5.75 Å². The van der Waals surface area contributed by atoms with E-state index in [-0.39, 0.29) is 6.61 Å². The minimum Gasteiger partial charge on any atom is -0.494 e. The van der Waals surface area contributed by atoms with Crippen molar-refractivity contribution in [1.82, 2.24) is 20.1 Å². The van der Waals surface area contributed by atoms with Crippen molar-refractivity contribution in [1.29, 1.82) is 0 Å². The molecular weight excluding hydrogens is 368 g/mol. The van der Waals surface area contributed by atoms with Gasteiger partial charge >= 0.3 is 0 Å². The van der Waals surface area contributed by atoms with Crippen molar-refractivity contribution < 1.29 is 14.5 Å². The highest BCUT2D eigenvalue weighted by atomic mass is 16.6. The fourth-order valence-corrected chi connectivity index (χ4v) is 4.01. The smallest absolute Gasteiger partial charge is 0.135 e. The maximum absolute atomic E-state index is 9.58. The molecule has 0 saturated carbocycles. The van der Waals surface area contributed by atoms with E-state index in [1.807, 2.05) is 31.2 Å². The van der Waals surface area contributed by atoms with E-state index < -0.39 is 0 Å². The number of rotatable bonds is 8. The standard InChI is InChI=1S/C22H28N4O3/c1-2-28-20-6-3-17(4-7-20)15-26-11-10-25(16-19(26)9-12-27)14-18-5-8-21-22(13-18)24-29-23-21/h3-8,13,19,27H,2,9-12,14-16H2,1H3/t19-/m1/s1. The van der Waals surface area contributed by atoms with Crippen molar-refractivity contribution in [3.05, 3.63) is 53.6 Å². The first-order valence-electron chi connectivity index (χ1n) is 10.3. The third-order valence-electron chi connectivity index (χ3n) is 5.50. The quantitative estimate of drug-likeness (QED) is 0.627. The van der Waals surface area contributed by atoms with E-state index in [1.54, 1.807) is 0 Å². The second-order valence-corrected chi connectivity index (χ2v) is 7.54. The van der Waals surface area contributed by atoms with Gasteiger partial charge in [-0.15, -0.1) is 0 Å². The fraction of sp³-hybridized carbons (Fsp3) is 0.455. The molecular formula is C22H28N4O3. The summed E-state index contributed by atoms with van der Waals surface area (Å²) in [7, 11) is 0. The molecule has 1 saturated heterocycles. The Labute approximate surface area is 170 Å². The molecule has 1 aliphatic heterocycles. The number of aliphatic hydroxyl groups is 1. The van der Waals surface area contributed by atoms with E-state index in [4.69, 9.17) is 9.37 Å². The van der Waals surface area contributed by atoms with Crippen molar-refractivity contribution >= 4 is 11.0 Å². The zero-order chi connectivity index (χ0) is 20.1. The molecule has 3 aromatic rings. The van der Waals surface area contributed by atoms with Crippen molar-refractivity contribution in [2.45, 2.75) is 32.5 Å². The Hall–Kier alpha value is -2.48. The van der Waals surface area contributed by atoms with Gasteiger partial charge in [0.1, 0.15) is 16.8 Å². The minimum atomic E-state index is 0.203. The van der Waals surface area contributed by atoms with Gasteiger partial charge in [-0.3, -0.25) is 9.80 Å². The van der Waals surface area contributed by atoms with Gasteiger partial charge < -0.3 is 9.84 Å². The number of nitrogens with zero attached hydrogens (tertiary/aromatic N) is 4. The van der Waals surface area contributed by atoms with Gasteiger partial charge in [0.2, 0.25) is 0 Å². The van der Waals surface area contributed by atoms with Crippen molar-refractivity contribution in [2.75, 3.05) is 32.8 Å². The van der Waals surface area contributed by atoms with Gasteiger partial charge in [0, 0.05) is 45.4 Å². The lowest BCUT2D eigenvalue weighted by molar-refractivity contribution is 0.0500. The van der Waals surface area contributed by atoms with E-state index in [0.717, 1.165) is 55.9 Å². The van der Waals surface area contributed by atoms with Gasteiger partial charge in [0.05, 0.1) is 6.61 Å². The highest BCUT2D eigenvalue weighted by Crippen LogP contribution is 2.21. The summed E-state index contributed by atoms with van der Waals surface area (Å²) in [6.07, 6.45) is 0.778. The average molecular weight is 396 g/mol. The van der Waals surface area contributed by atoms with E-state index >= 15 is 0 Å². The number of hydrogen-bond donors (Lipinski definition) is 1. The van der Waals surface area contributed by atoms with Crippen LogP contribution in [0.2, 0.25) is 0 Å². The van der Waals surface area contributed by atoms with Crippen LogP contribution in [-0.4, -0.2) is 64.1 Å². The molecule has 0 amide bonds.